The van der Waals surface area contributed by atoms with Gasteiger partial charge in [0, 0.05) is 20.0 Å². The number of hydrogen-bond donors (Lipinski definition) is 1. The van der Waals surface area contributed by atoms with Gasteiger partial charge in [-0.2, -0.15) is 5.10 Å². The molecule has 0 saturated heterocycles. The summed E-state index contributed by atoms with van der Waals surface area (Å²) in [6.45, 7) is 0.290. The maximum Gasteiger partial charge on any atom is 0.261 e. The molecule has 1 saturated carbocycles. The summed E-state index contributed by atoms with van der Waals surface area (Å²) in [5, 5.41) is 7.70. The molecule has 1 fully saturated rings. The van der Waals surface area contributed by atoms with Crippen molar-refractivity contribution in [2.24, 2.45) is 13.0 Å². The lowest BCUT2D eigenvalue weighted by Crippen LogP contribution is -2.33. The average Bonchev–Trinajstić information content (AvgIpc) is 3.40. The lowest BCUT2D eigenvalue weighted by molar-refractivity contribution is -0.122. The van der Waals surface area contributed by atoms with Crippen LogP contribution < -0.4 is 10.9 Å². The number of nitrogens with one attached hydrogen (secondary N) is 1. The molecule has 4 rings (SSSR count). The standard InChI is InChI=1S/C18H20N6O2/c1-23-17(19-10-21-23)16(12-6-7-12)22-15(25)8-9-24-11-20-14-5-3-2-4-13(14)18(24)26/h2-5,10-12,16H,6-9H2,1H3,(H,22,25). The van der Waals surface area contributed by atoms with Gasteiger partial charge in [-0.25, -0.2) is 9.97 Å². The maximum absolute atomic E-state index is 12.5. The number of aryl methyl sites for hydroxylation is 2. The largest absolute Gasteiger partial charge is 0.346 e. The molecular weight excluding hydrogens is 332 g/mol. The molecule has 0 aliphatic heterocycles. The van der Waals surface area contributed by atoms with E-state index in [2.05, 4.69) is 20.4 Å². The van der Waals surface area contributed by atoms with Crippen LogP contribution in [0.5, 0.6) is 0 Å². The van der Waals surface area contributed by atoms with Crippen LogP contribution in [0.4, 0.5) is 0 Å². The fourth-order valence-electron chi connectivity index (χ4n) is 3.14. The smallest absolute Gasteiger partial charge is 0.261 e. The van der Waals surface area contributed by atoms with E-state index in [-0.39, 0.29) is 23.9 Å². The number of benzene rings is 1. The van der Waals surface area contributed by atoms with Gasteiger partial charge in [-0.3, -0.25) is 18.8 Å². The summed E-state index contributed by atoms with van der Waals surface area (Å²) >= 11 is 0. The minimum Gasteiger partial charge on any atom is -0.346 e. The molecule has 26 heavy (non-hydrogen) atoms. The zero-order chi connectivity index (χ0) is 18.1. The van der Waals surface area contributed by atoms with Gasteiger partial charge in [0.05, 0.1) is 23.3 Å². The Kier molecular flexibility index (Phi) is 4.24. The van der Waals surface area contributed by atoms with Crippen LogP contribution in [-0.4, -0.2) is 30.2 Å². The number of aromatic nitrogens is 5. The van der Waals surface area contributed by atoms with Gasteiger partial charge in [0.2, 0.25) is 5.91 Å². The highest BCUT2D eigenvalue weighted by Gasteiger charge is 2.35. The Morgan fingerprint density at radius 3 is 2.85 bits per heavy atom. The molecule has 8 heteroatoms. The van der Waals surface area contributed by atoms with Crippen molar-refractivity contribution in [3.63, 3.8) is 0 Å². The molecule has 8 nitrogen and oxygen atoms in total. The highest BCUT2D eigenvalue weighted by Crippen LogP contribution is 2.40. The summed E-state index contributed by atoms with van der Waals surface area (Å²) in [5.74, 6) is 1.07. The quantitative estimate of drug-likeness (QED) is 0.719. The molecule has 2 aromatic heterocycles. The molecule has 1 N–H and O–H groups in total. The van der Waals surface area contributed by atoms with Gasteiger partial charge in [-0.1, -0.05) is 12.1 Å². The van der Waals surface area contributed by atoms with Crippen LogP contribution in [0.1, 0.15) is 31.1 Å². The molecule has 0 spiro atoms. The minimum absolute atomic E-state index is 0.107. The van der Waals surface area contributed by atoms with E-state index in [1.807, 2.05) is 19.2 Å². The number of fused-ring (bicyclic) bond motifs is 1. The van der Waals surface area contributed by atoms with Crippen molar-refractivity contribution in [2.75, 3.05) is 0 Å². The predicted octanol–water partition coefficient (Wildman–Crippen LogP) is 1.18. The summed E-state index contributed by atoms with van der Waals surface area (Å²) < 4.78 is 3.18. The zero-order valence-electron chi connectivity index (χ0n) is 14.5. The third kappa shape index (κ3) is 3.22. The molecule has 3 aromatic rings. The fourth-order valence-corrected chi connectivity index (χ4v) is 3.14. The molecular formula is C18H20N6O2. The Morgan fingerprint density at radius 2 is 2.12 bits per heavy atom. The first-order valence-corrected chi connectivity index (χ1v) is 8.71. The minimum atomic E-state index is -0.129. The summed E-state index contributed by atoms with van der Waals surface area (Å²) in [6, 6.07) is 7.08. The van der Waals surface area contributed by atoms with E-state index in [1.54, 1.807) is 16.8 Å². The van der Waals surface area contributed by atoms with E-state index in [0.29, 0.717) is 23.4 Å². The second-order valence-electron chi connectivity index (χ2n) is 6.63. The van der Waals surface area contributed by atoms with Crippen LogP contribution >= 0.6 is 0 Å². The van der Waals surface area contributed by atoms with Crippen molar-refractivity contribution in [3.05, 3.63) is 53.1 Å². The van der Waals surface area contributed by atoms with Gasteiger partial charge < -0.3 is 5.32 Å². The summed E-state index contributed by atoms with van der Waals surface area (Å²) in [7, 11) is 1.82. The van der Waals surface area contributed by atoms with E-state index in [1.165, 1.54) is 17.2 Å². The Balaban J connectivity index is 1.45. The van der Waals surface area contributed by atoms with Gasteiger partial charge in [0.15, 0.2) is 0 Å². The van der Waals surface area contributed by atoms with Gasteiger partial charge in [0.25, 0.3) is 5.56 Å². The van der Waals surface area contributed by atoms with Crippen LogP contribution in [-0.2, 0) is 18.4 Å². The van der Waals surface area contributed by atoms with E-state index in [9.17, 15) is 9.59 Å². The van der Waals surface area contributed by atoms with Crippen LogP contribution in [0.2, 0.25) is 0 Å². The van der Waals surface area contributed by atoms with Crippen molar-refractivity contribution >= 4 is 16.8 Å². The van der Waals surface area contributed by atoms with E-state index >= 15 is 0 Å². The Labute approximate surface area is 149 Å². The van der Waals surface area contributed by atoms with Crippen LogP contribution in [0.25, 0.3) is 10.9 Å². The van der Waals surface area contributed by atoms with Gasteiger partial charge >= 0.3 is 0 Å². The molecule has 1 unspecified atom stereocenters. The highest BCUT2D eigenvalue weighted by molar-refractivity contribution is 5.77. The van der Waals surface area contributed by atoms with E-state index < -0.39 is 0 Å². The number of para-hydroxylation sites is 1. The monoisotopic (exact) mass is 352 g/mol. The average molecular weight is 352 g/mol. The van der Waals surface area contributed by atoms with Crippen LogP contribution in [0, 0.1) is 5.92 Å². The summed E-state index contributed by atoms with van der Waals surface area (Å²) in [4.78, 5) is 33.5. The van der Waals surface area contributed by atoms with Crippen molar-refractivity contribution < 1.29 is 4.79 Å². The lowest BCUT2D eigenvalue weighted by Gasteiger charge is -2.17. The fraction of sp³-hybridized carbons (Fsp3) is 0.389. The third-order valence-electron chi connectivity index (χ3n) is 4.75. The Hall–Kier alpha value is -3.03. The molecule has 1 aliphatic rings. The third-order valence-corrected chi connectivity index (χ3v) is 4.75. The molecule has 134 valence electrons. The number of hydrogen-bond acceptors (Lipinski definition) is 5. The first-order chi connectivity index (χ1) is 12.6. The van der Waals surface area contributed by atoms with Gasteiger partial charge in [-0.05, 0) is 30.9 Å². The maximum atomic E-state index is 12.5. The molecule has 0 radical (unpaired) electrons. The molecule has 2 heterocycles. The Bertz CT molecular complexity index is 1000. The van der Waals surface area contributed by atoms with Crippen molar-refractivity contribution in [3.8, 4) is 0 Å². The van der Waals surface area contributed by atoms with Crippen molar-refractivity contribution in [2.45, 2.75) is 31.8 Å². The second kappa shape index (κ2) is 6.70. The molecule has 1 atom stereocenters. The normalized spacial score (nSPS) is 15.1. The Morgan fingerprint density at radius 1 is 1.31 bits per heavy atom. The predicted molar refractivity (Wildman–Crippen MR) is 95.2 cm³/mol. The number of amides is 1. The molecule has 1 amide bonds. The number of rotatable bonds is 6. The zero-order valence-corrected chi connectivity index (χ0v) is 14.5. The molecule has 0 bridgehead atoms. The highest BCUT2D eigenvalue weighted by atomic mass is 16.2. The van der Waals surface area contributed by atoms with Gasteiger partial charge in [-0.15, -0.1) is 0 Å². The van der Waals surface area contributed by atoms with Gasteiger partial charge in [0.1, 0.15) is 12.2 Å². The summed E-state index contributed by atoms with van der Waals surface area (Å²) in [6.07, 6.45) is 5.36. The first kappa shape index (κ1) is 16.4. The number of carbonyl (C=O) groups is 1. The van der Waals surface area contributed by atoms with Crippen molar-refractivity contribution in [1.82, 2.24) is 29.6 Å². The topological polar surface area (TPSA) is 94.7 Å². The molecule has 1 aromatic carbocycles. The number of nitrogens with zero attached hydrogens (tertiary/aromatic N) is 5. The number of carbonyl (C=O) groups excluding carboxylic acids is 1. The SMILES string of the molecule is Cn1ncnc1C(NC(=O)CCn1cnc2ccccc2c1=O)C1CC1. The second-order valence-corrected chi connectivity index (χ2v) is 6.63. The molecule has 1 aliphatic carbocycles. The van der Waals surface area contributed by atoms with E-state index in [4.69, 9.17) is 0 Å². The summed E-state index contributed by atoms with van der Waals surface area (Å²) in [5.41, 5.74) is 0.532. The van der Waals surface area contributed by atoms with Crippen LogP contribution in [0.15, 0.2) is 41.7 Å². The van der Waals surface area contributed by atoms with E-state index in [0.717, 1.165) is 18.7 Å². The van der Waals surface area contributed by atoms with Crippen LogP contribution in [0.3, 0.4) is 0 Å². The van der Waals surface area contributed by atoms with Crippen molar-refractivity contribution in [1.29, 1.82) is 0 Å². The first-order valence-electron chi connectivity index (χ1n) is 8.71. The lowest BCUT2D eigenvalue weighted by atomic mass is 10.1.